The van der Waals surface area contributed by atoms with Gasteiger partial charge in [0.15, 0.2) is 0 Å². The molecule has 2 unspecified atom stereocenters. The van der Waals surface area contributed by atoms with Gasteiger partial charge >= 0.3 is 13.1 Å². The molecule has 0 spiro atoms. The zero-order chi connectivity index (χ0) is 16.5. The number of esters is 1. The summed E-state index contributed by atoms with van der Waals surface area (Å²) in [6.07, 6.45) is 5.87. The summed E-state index contributed by atoms with van der Waals surface area (Å²) < 4.78 is 17.4. The van der Waals surface area contributed by atoms with Crippen LogP contribution in [0.5, 0.6) is 0 Å². The van der Waals surface area contributed by atoms with Crippen LogP contribution in [-0.2, 0) is 18.8 Å². The van der Waals surface area contributed by atoms with Gasteiger partial charge in [0.2, 0.25) is 0 Å². The molecule has 0 aromatic heterocycles. The van der Waals surface area contributed by atoms with Crippen molar-refractivity contribution in [2.75, 3.05) is 0 Å². The molecule has 2 rings (SSSR count). The Morgan fingerprint density at radius 3 is 2.41 bits per heavy atom. The van der Waals surface area contributed by atoms with E-state index in [1.807, 2.05) is 0 Å². The Morgan fingerprint density at radius 2 is 1.95 bits per heavy atom. The van der Waals surface area contributed by atoms with E-state index in [0.29, 0.717) is 5.92 Å². The molecule has 0 radical (unpaired) electrons. The number of rotatable bonds is 4. The molecular weight excluding hydrogens is 279 g/mol. The van der Waals surface area contributed by atoms with Crippen molar-refractivity contribution in [2.45, 2.75) is 84.4 Å². The molecule has 0 aromatic rings. The fourth-order valence-electron chi connectivity index (χ4n) is 3.12. The van der Waals surface area contributed by atoms with Crippen LogP contribution in [0.2, 0.25) is 6.32 Å². The quantitative estimate of drug-likeness (QED) is 0.451. The van der Waals surface area contributed by atoms with E-state index in [2.05, 4.69) is 40.7 Å². The van der Waals surface area contributed by atoms with E-state index in [1.54, 1.807) is 0 Å². The zero-order valence-electron chi connectivity index (χ0n) is 14.8. The van der Waals surface area contributed by atoms with Crippen molar-refractivity contribution in [2.24, 2.45) is 5.92 Å². The summed E-state index contributed by atoms with van der Waals surface area (Å²) in [7, 11) is -0.146. The van der Waals surface area contributed by atoms with Crippen LogP contribution in [0, 0.1) is 5.92 Å². The molecule has 124 valence electrons. The molecule has 0 N–H and O–H groups in total. The standard InChI is InChI=1S/C17H29BO4/c1-12(11-18-21-16(3,4)17(5,6)22-18)14-7-9-15(10-8-14)20-13(2)19/h7,12,15H,8-11H2,1-6H3. The minimum atomic E-state index is -0.265. The normalized spacial score (nSPS) is 28.2. The number of allylic oxidation sites excluding steroid dienone is 1. The second kappa shape index (κ2) is 6.36. The average Bonchev–Trinajstić information content (AvgIpc) is 2.57. The Kier molecular flexibility index (Phi) is 5.08. The highest BCUT2D eigenvalue weighted by atomic mass is 16.7. The molecule has 1 aliphatic heterocycles. The van der Waals surface area contributed by atoms with Crippen LogP contribution in [0.1, 0.15) is 60.8 Å². The minimum Gasteiger partial charge on any atom is -0.462 e. The van der Waals surface area contributed by atoms with Crippen molar-refractivity contribution in [3.05, 3.63) is 11.6 Å². The molecule has 5 heteroatoms. The topological polar surface area (TPSA) is 44.8 Å². The van der Waals surface area contributed by atoms with Crippen molar-refractivity contribution in [1.29, 1.82) is 0 Å². The lowest BCUT2D eigenvalue weighted by Gasteiger charge is -2.32. The molecule has 1 saturated heterocycles. The molecule has 0 aromatic carbocycles. The van der Waals surface area contributed by atoms with E-state index in [4.69, 9.17) is 14.0 Å². The predicted octanol–water partition coefficient (Wildman–Crippen LogP) is 3.76. The van der Waals surface area contributed by atoms with Gasteiger partial charge in [-0.05, 0) is 52.8 Å². The number of carbonyl (C=O) groups excluding carboxylic acids is 1. The minimum absolute atomic E-state index is 0.0466. The summed E-state index contributed by atoms with van der Waals surface area (Å²) >= 11 is 0. The average molecular weight is 308 g/mol. The molecule has 4 nitrogen and oxygen atoms in total. The van der Waals surface area contributed by atoms with E-state index in [1.165, 1.54) is 12.5 Å². The molecule has 1 aliphatic carbocycles. The maximum atomic E-state index is 11.0. The zero-order valence-corrected chi connectivity index (χ0v) is 14.8. The lowest BCUT2D eigenvalue weighted by Crippen LogP contribution is -2.41. The van der Waals surface area contributed by atoms with Crippen LogP contribution in [-0.4, -0.2) is 30.4 Å². The monoisotopic (exact) mass is 308 g/mol. The third kappa shape index (κ3) is 3.93. The van der Waals surface area contributed by atoms with E-state index >= 15 is 0 Å². The lowest BCUT2D eigenvalue weighted by atomic mass is 9.73. The molecule has 0 saturated carbocycles. The van der Waals surface area contributed by atoms with Crippen LogP contribution in [0.25, 0.3) is 0 Å². The fourth-order valence-corrected chi connectivity index (χ4v) is 3.12. The molecule has 22 heavy (non-hydrogen) atoms. The maximum absolute atomic E-state index is 11.0. The van der Waals surface area contributed by atoms with E-state index in [9.17, 15) is 4.79 Å². The summed E-state index contributed by atoms with van der Waals surface area (Å²) in [4.78, 5) is 11.0. The first kappa shape index (κ1) is 17.5. The molecule has 1 heterocycles. The molecular formula is C17H29BO4. The molecule has 2 atom stereocenters. The predicted molar refractivity (Wildman–Crippen MR) is 87.5 cm³/mol. The molecule has 1 fully saturated rings. The SMILES string of the molecule is CC(=O)OC1CC=C(C(C)CB2OC(C)(C)C(C)(C)O2)CC1. The summed E-state index contributed by atoms with van der Waals surface area (Å²) in [5, 5.41) is 0. The summed E-state index contributed by atoms with van der Waals surface area (Å²) in [6, 6.07) is 0. The second-order valence-corrected chi connectivity index (χ2v) is 7.61. The first-order valence-corrected chi connectivity index (χ1v) is 8.32. The first-order valence-electron chi connectivity index (χ1n) is 8.32. The smallest absolute Gasteiger partial charge is 0.458 e. The summed E-state index contributed by atoms with van der Waals surface area (Å²) in [5.74, 6) is 0.236. The fraction of sp³-hybridized carbons (Fsp3) is 0.824. The molecule has 2 aliphatic rings. The maximum Gasteiger partial charge on any atom is 0.458 e. The Hall–Kier alpha value is -0.805. The van der Waals surface area contributed by atoms with Crippen molar-refractivity contribution < 1.29 is 18.8 Å². The van der Waals surface area contributed by atoms with Crippen LogP contribution in [0.3, 0.4) is 0 Å². The Balaban J connectivity index is 1.88. The number of ether oxygens (including phenoxy) is 1. The van der Waals surface area contributed by atoms with Crippen molar-refractivity contribution in [1.82, 2.24) is 0 Å². The highest BCUT2D eigenvalue weighted by Gasteiger charge is 2.51. The van der Waals surface area contributed by atoms with Gasteiger partial charge in [0, 0.05) is 13.3 Å². The largest absolute Gasteiger partial charge is 0.462 e. The van der Waals surface area contributed by atoms with Gasteiger partial charge in [-0.2, -0.15) is 0 Å². The molecule has 0 amide bonds. The number of hydrogen-bond acceptors (Lipinski definition) is 4. The van der Waals surface area contributed by atoms with E-state index in [-0.39, 0.29) is 30.4 Å². The van der Waals surface area contributed by atoms with Crippen molar-refractivity contribution in [3.63, 3.8) is 0 Å². The van der Waals surface area contributed by atoms with Gasteiger partial charge < -0.3 is 14.0 Å². The highest BCUT2D eigenvalue weighted by molar-refractivity contribution is 6.45. The Bertz CT molecular complexity index is 440. The highest BCUT2D eigenvalue weighted by Crippen LogP contribution is 2.40. The van der Waals surface area contributed by atoms with Crippen LogP contribution in [0.15, 0.2) is 11.6 Å². The third-order valence-electron chi connectivity index (χ3n) is 5.21. The van der Waals surface area contributed by atoms with Gasteiger partial charge in [-0.25, -0.2) is 0 Å². The van der Waals surface area contributed by atoms with Crippen molar-refractivity contribution in [3.8, 4) is 0 Å². The second-order valence-electron chi connectivity index (χ2n) is 7.61. The number of hydrogen-bond donors (Lipinski definition) is 0. The van der Waals surface area contributed by atoms with Gasteiger partial charge in [0.25, 0.3) is 0 Å². The van der Waals surface area contributed by atoms with E-state index in [0.717, 1.165) is 25.6 Å². The third-order valence-corrected chi connectivity index (χ3v) is 5.21. The van der Waals surface area contributed by atoms with Gasteiger partial charge in [-0.3, -0.25) is 4.79 Å². The van der Waals surface area contributed by atoms with Crippen LogP contribution in [0.4, 0.5) is 0 Å². The van der Waals surface area contributed by atoms with Gasteiger partial charge in [0.1, 0.15) is 6.10 Å². The van der Waals surface area contributed by atoms with Crippen LogP contribution < -0.4 is 0 Å². The first-order chi connectivity index (χ1) is 10.1. The Morgan fingerprint density at radius 1 is 1.36 bits per heavy atom. The summed E-state index contributed by atoms with van der Waals surface area (Å²) in [6.45, 7) is 12.0. The Labute approximate surface area is 134 Å². The molecule has 0 bridgehead atoms. The van der Waals surface area contributed by atoms with Gasteiger partial charge in [-0.1, -0.05) is 18.6 Å². The van der Waals surface area contributed by atoms with Crippen molar-refractivity contribution >= 4 is 13.1 Å². The van der Waals surface area contributed by atoms with Gasteiger partial charge in [0.05, 0.1) is 11.2 Å². The number of carbonyl (C=O) groups is 1. The van der Waals surface area contributed by atoms with Crippen LogP contribution >= 0.6 is 0 Å². The van der Waals surface area contributed by atoms with Gasteiger partial charge in [-0.15, -0.1) is 0 Å². The van der Waals surface area contributed by atoms with E-state index < -0.39 is 0 Å². The lowest BCUT2D eigenvalue weighted by molar-refractivity contribution is -0.146. The summed E-state index contributed by atoms with van der Waals surface area (Å²) in [5.41, 5.74) is 0.899.